The van der Waals surface area contributed by atoms with Gasteiger partial charge < -0.3 is 15.0 Å². The van der Waals surface area contributed by atoms with E-state index in [-0.39, 0.29) is 0 Å². The topological polar surface area (TPSA) is 24.5 Å². The Balaban J connectivity index is 1.67. The van der Waals surface area contributed by atoms with Crippen molar-refractivity contribution in [1.82, 2.24) is 10.2 Å². The molecule has 2 saturated carbocycles. The van der Waals surface area contributed by atoms with Gasteiger partial charge in [0.05, 0.1) is 6.61 Å². The maximum absolute atomic E-state index is 5.78. The Kier molecular flexibility index (Phi) is 7.48. The molecule has 2 rings (SSSR count). The molecule has 2 fully saturated rings. The van der Waals surface area contributed by atoms with Gasteiger partial charge in [-0.2, -0.15) is 0 Å². The first-order valence-corrected chi connectivity index (χ1v) is 9.22. The minimum absolute atomic E-state index is 0.729. The third-order valence-corrected chi connectivity index (χ3v) is 5.35. The van der Waals surface area contributed by atoms with Crippen LogP contribution in [0.25, 0.3) is 0 Å². The van der Waals surface area contributed by atoms with Gasteiger partial charge in [-0.05, 0) is 63.5 Å². The Hall–Kier alpha value is -0.120. The van der Waals surface area contributed by atoms with E-state index < -0.39 is 0 Å². The molecule has 1 N–H and O–H groups in total. The summed E-state index contributed by atoms with van der Waals surface area (Å²) in [6.07, 6.45) is 8.31. The maximum Gasteiger partial charge on any atom is 0.0593 e. The number of ether oxygens (including phenoxy) is 1. The average Bonchev–Trinajstić information content (AvgIpc) is 3.30. The molecule has 0 aliphatic heterocycles. The predicted molar refractivity (Wildman–Crippen MR) is 89.6 cm³/mol. The van der Waals surface area contributed by atoms with Gasteiger partial charge in [-0.15, -0.1) is 0 Å². The zero-order chi connectivity index (χ0) is 15.1. The molecule has 2 aliphatic rings. The van der Waals surface area contributed by atoms with Gasteiger partial charge in [0.2, 0.25) is 0 Å². The van der Waals surface area contributed by atoms with Crippen molar-refractivity contribution >= 4 is 0 Å². The summed E-state index contributed by atoms with van der Waals surface area (Å²) >= 11 is 0. The highest BCUT2D eigenvalue weighted by molar-refractivity contribution is 4.85. The SMILES string of the molecule is CCNC1CCC(CC)CC1CN(C)CCOCC1CC1. The maximum atomic E-state index is 5.78. The molecular formula is C18H36N2O. The average molecular weight is 296 g/mol. The monoisotopic (exact) mass is 296 g/mol. The lowest BCUT2D eigenvalue weighted by Gasteiger charge is -2.38. The third kappa shape index (κ3) is 6.25. The summed E-state index contributed by atoms with van der Waals surface area (Å²) in [7, 11) is 2.26. The van der Waals surface area contributed by atoms with Gasteiger partial charge >= 0.3 is 0 Å². The number of nitrogens with zero attached hydrogens (tertiary/aromatic N) is 1. The number of likely N-dealkylation sites (N-methyl/N-ethyl adjacent to an activating group) is 1. The number of rotatable bonds is 10. The number of hydrogen-bond acceptors (Lipinski definition) is 3. The zero-order valence-electron chi connectivity index (χ0n) is 14.4. The van der Waals surface area contributed by atoms with Crippen LogP contribution < -0.4 is 5.32 Å². The molecule has 0 saturated heterocycles. The van der Waals surface area contributed by atoms with Crippen LogP contribution in [-0.4, -0.2) is 50.8 Å². The summed E-state index contributed by atoms with van der Waals surface area (Å²) in [5, 5.41) is 3.72. The van der Waals surface area contributed by atoms with Crippen molar-refractivity contribution < 1.29 is 4.74 Å². The van der Waals surface area contributed by atoms with Crippen LogP contribution in [0, 0.1) is 17.8 Å². The van der Waals surface area contributed by atoms with Crippen LogP contribution in [0.15, 0.2) is 0 Å². The number of nitrogens with one attached hydrogen (secondary N) is 1. The molecule has 21 heavy (non-hydrogen) atoms. The van der Waals surface area contributed by atoms with Gasteiger partial charge in [0.25, 0.3) is 0 Å². The molecule has 3 nitrogen and oxygen atoms in total. The van der Waals surface area contributed by atoms with Gasteiger partial charge in [0.1, 0.15) is 0 Å². The lowest BCUT2D eigenvalue weighted by molar-refractivity contribution is 0.0883. The molecule has 0 aromatic heterocycles. The van der Waals surface area contributed by atoms with Crippen molar-refractivity contribution in [2.75, 3.05) is 39.9 Å². The minimum Gasteiger partial charge on any atom is -0.380 e. The first-order valence-electron chi connectivity index (χ1n) is 9.22. The summed E-state index contributed by atoms with van der Waals surface area (Å²) in [5.74, 6) is 2.65. The fourth-order valence-electron chi connectivity index (χ4n) is 3.71. The Labute approximate surface area is 131 Å². The van der Waals surface area contributed by atoms with E-state index in [9.17, 15) is 0 Å². The van der Waals surface area contributed by atoms with E-state index in [0.29, 0.717) is 0 Å². The highest BCUT2D eigenvalue weighted by Crippen LogP contribution is 2.32. The van der Waals surface area contributed by atoms with E-state index in [1.54, 1.807) is 0 Å². The van der Waals surface area contributed by atoms with Crippen molar-refractivity contribution in [1.29, 1.82) is 0 Å². The van der Waals surface area contributed by atoms with E-state index in [4.69, 9.17) is 4.74 Å². The first kappa shape index (κ1) is 17.2. The van der Waals surface area contributed by atoms with Crippen molar-refractivity contribution in [3.05, 3.63) is 0 Å². The summed E-state index contributed by atoms with van der Waals surface area (Å²) in [4.78, 5) is 2.49. The highest BCUT2D eigenvalue weighted by Gasteiger charge is 2.29. The zero-order valence-corrected chi connectivity index (χ0v) is 14.4. The number of hydrogen-bond donors (Lipinski definition) is 1. The fourth-order valence-corrected chi connectivity index (χ4v) is 3.71. The third-order valence-electron chi connectivity index (χ3n) is 5.35. The minimum atomic E-state index is 0.729. The smallest absolute Gasteiger partial charge is 0.0593 e. The second kappa shape index (κ2) is 9.12. The van der Waals surface area contributed by atoms with Gasteiger partial charge in [-0.25, -0.2) is 0 Å². The van der Waals surface area contributed by atoms with Crippen LogP contribution in [0.4, 0.5) is 0 Å². The lowest BCUT2D eigenvalue weighted by Crippen LogP contribution is -2.45. The van der Waals surface area contributed by atoms with Crippen molar-refractivity contribution in [3.63, 3.8) is 0 Å². The Morgan fingerprint density at radius 2 is 1.86 bits per heavy atom. The summed E-state index contributed by atoms with van der Waals surface area (Å²) in [6.45, 7) is 9.90. The highest BCUT2D eigenvalue weighted by atomic mass is 16.5. The molecule has 0 aromatic rings. The standard InChI is InChI=1S/C18H36N2O/c1-4-15-8-9-18(19-5-2)17(12-15)13-20(3)10-11-21-14-16-6-7-16/h15-19H,4-14H2,1-3H3. The summed E-state index contributed by atoms with van der Waals surface area (Å²) in [6, 6.07) is 0.729. The van der Waals surface area contributed by atoms with Crippen LogP contribution >= 0.6 is 0 Å². The van der Waals surface area contributed by atoms with Crippen LogP contribution in [0.2, 0.25) is 0 Å². The molecule has 0 spiro atoms. The molecule has 3 unspecified atom stereocenters. The predicted octanol–water partition coefficient (Wildman–Crippen LogP) is 3.15. The summed E-state index contributed by atoms with van der Waals surface area (Å²) < 4.78 is 5.78. The Morgan fingerprint density at radius 1 is 1.10 bits per heavy atom. The summed E-state index contributed by atoms with van der Waals surface area (Å²) in [5.41, 5.74) is 0. The second-order valence-corrected chi connectivity index (χ2v) is 7.29. The molecule has 0 aromatic carbocycles. The fraction of sp³-hybridized carbons (Fsp3) is 1.00. The molecule has 0 bridgehead atoms. The largest absolute Gasteiger partial charge is 0.380 e. The van der Waals surface area contributed by atoms with E-state index in [1.807, 2.05) is 0 Å². The molecule has 0 radical (unpaired) electrons. The quantitative estimate of drug-likeness (QED) is 0.627. The Bertz CT molecular complexity index is 280. The van der Waals surface area contributed by atoms with Crippen LogP contribution in [0.3, 0.4) is 0 Å². The van der Waals surface area contributed by atoms with Crippen LogP contribution in [0.5, 0.6) is 0 Å². The van der Waals surface area contributed by atoms with Gasteiger partial charge in [0.15, 0.2) is 0 Å². The van der Waals surface area contributed by atoms with E-state index >= 15 is 0 Å². The molecule has 3 heteroatoms. The normalized spacial score (nSPS) is 30.0. The van der Waals surface area contributed by atoms with Gasteiger partial charge in [-0.3, -0.25) is 0 Å². The van der Waals surface area contributed by atoms with Crippen molar-refractivity contribution in [3.8, 4) is 0 Å². The molecule has 0 heterocycles. The lowest BCUT2D eigenvalue weighted by atomic mass is 9.76. The second-order valence-electron chi connectivity index (χ2n) is 7.29. The first-order chi connectivity index (χ1) is 10.2. The van der Waals surface area contributed by atoms with Crippen molar-refractivity contribution in [2.45, 2.75) is 58.4 Å². The van der Waals surface area contributed by atoms with Crippen LogP contribution in [-0.2, 0) is 4.74 Å². The van der Waals surface area contributed by atoms with Gasteiger partial charge in [-0.1, -0.05) is 20.3 Å². The molecule has 0 amide bonds. The molecular weight excluding hydrogens is 260 g/mol. The Morgan fingerprint density at radius 3 is 2.52 bits per heavy atom. The molecule has 2 aliphatic carbocycles. The van der Waals surface area contributed by atoms with Crippen molar-refractivity contribution in [2.24, 2.45) is 17.8 Å². The van der Waals surface area contributed by atoms with Gasteiger partial charge in [0, 0.05) is 25.7 Å². The molecule has 124 valence electrons. The molecule has 3 atom stereocenters. The van der Waals surface area contributed by atoms with E-state index in [2.05, 4.69) is 31.1 Å². The van der Waals surface area contributed by atoms with E-state index in [1.165, 1.54) is 45.1 Å². The van der Waals surface area contributed by atoms with E-state index in [0.717, 1.165) is 50.1 Å². The van der Waals surface area contributed by atoms with Crippen LogP contribution in [0.1, 0.15) is 52.4 Å².